The Morgan fingerprint density at radius 3 is 2.47 bits per heavy atom. The lowest BCUT2D eigenvalue weighted by Gasteiger charge is -2.06. The highest BCUT2D eigenvalue weighted by Crippen LogP contribution is 2.07. The van der Waals surface area contributed by atoms with Gasteiger partial charge in [-0.3, -0.25) is 4.79 Å². The van der Waals surface area contributed by atoms with Crippen LogP contribution in [0.5, 0.6) is 0 Å². The fraction of sp³-hybridized carbons (Fsp3) is 0.167. The average molecular weight is 237 g/mol. The Morgan fingerprint density at radius 1 is 1.35 bits per heavy atom. The Hall–Kier alpha value is -2.17. The van der Waals surface area contributed by atoms with Crippen molar-refractivity contribution in [2.75, 3.05) is 11.9 Å². The van der Waals surface area contributed by atoms with E-state index < -0.39 is 24.3 Å². The summed E-state index contributed by atoms with van der Waals surface area (Å²) in [6, 6.07) is 5.26. The minimum atomic E-state index is -0.626. The van der Waals surface area contributed by atoms with Crippen LogP contribution in [0, 0.1) is 5.82 Å². The van der Waals surface area contributed by atoms with Gasteiger partial charge in [0.1, 0.15) is 5.82 Å². The first-order valence-electron chi connectivity index (χ1n) is 4.87. The van der Waals surface area contributed by atoms with Crippen LogP contribution in [0.4, 0.5) is 10.1 Å². The molecule has 0 saturated heterocycles. The number of amides is 1. The van der Waals surface area contributed by atoms with Crippen molar-refractivity contribution in [3.63, 3.8) is 0 Å². The molecule has 90 valence electrons. The maximum Gasteiger partial charge on any atom is 0.333 e. The van der Waals surface area contributed by atoms with E-state index in [1.165, 1.54) is 31.2 Å². The second kappa shape index (κ2) is 5.79. The smallest absolute Gasteiger partial charge is 0.333 e. The molecule has 0 aromatic heterocycles. The van der Waals surface area contributed by atoms with Gasteiger partial charge in [0.2, 0.25) is 0 Å². The second-order valence-electron chi connectivity index (χ2n) is 3.41. The Labute approximate surface area is 98.1 Å². The van der Waals surface area contributed by atoms with E-state index in [1.54, 1.807) is 0 Å². The van der Waals surface area contributed by atoms with Crippen LogP contribution in [0.25, 0.3) is 0 Å². The molecule has 0 aliphatic heterocycles. The minimum Gasteiger partial charge on any atom is -0.452 e. The molecule has 0 aliphatic carbocycles. The number of anilines is 1. The minimum absolute atomic E-state index is 0.222. The second-order valence-corrected chi connectivity index (χ2v) is 3.41. The number of carbonyl (C=O) groups excluding carboxylic acids is 2. The highest BCUT2D eigenvalue weighted by molar-refractivity contribution is 5.94. The lowest BCUT2D eigenvalue weighted by Crippen LogP contribution is -2.20. The third-order valence-corrected chi connectivity index (χ3v) is 1.81. The molecule has 0 unspecified atom stereocenters. The van der Waals surface area contributed by atoms with Crippen molar-refractivity contribution in [1.82, 2.24) is 0 Å². The molecular formula is C12H12FNO3. The van der Waals surface area contributed by atoms with E-state index in [0.717, 1.165) is 0 Å². The zero-order chi connectivity index (χ0) is 12.8. The summed E-state index contributed by atoms with van der Waals surface area (Å²) in [5, 5.41) is 2.45. The van der Waals surface area contributed by atoms with Gasteiger partial charge in [-0.2, -0.15) is 0 Å². The molecule has 4 nitrogen and oxygen atoms in total. The Morgan fingerprint density at radius 2 is 1.94 bits per heavy atom. The topological polar surface area (TPSA) is 55.4 Å². The summed E-state index contributed by atoms with van der Waals surface area (Å²) < 4.78 is 17.2. The van der Waals surface area contributed by atoms with Gasteiger partial charge >= 0.3 is 5.97 Å². The van der Waals surface area contributed by atoms with Crippen molar-refractivity contribution in [2.45, 2.75) is 6.92 Å². The van der Waals surface area contributed by atoms with E-state index in [0.29, 0.717) is 5.69 Å². The number of nitrogens with one attached hydrogen (secondary N) is 1. The van der Waals surface area contributed by atoms with Crippen LogP contribution in [0.15, 0.2) is 36.4 Å². The van der Waals surface area contributed by atoms with Gasteiger partial charge < -0.3 is 10.1 Å². The van der Waals surface area contributed by atoms with Gasteiger partial charge in [0.15, 0.2) is 6.61 Å². The van der Waals surface area contributed by atoms with Gasteiger partial charge in [-0.05, 0) is 31.2 Å². The molecule has 1 N–H and O–H groups in total. The number of ether oxygens (including phenoxy) is 1. The van der Waals surface area contributed by atoms with Crippen LogP contribution in [0.2, 0.25) is 0 Å². The molecule has 0 bridgehead atoms. The maximum absolute atomic E-state index is 12.6. The van der Waals surface area contributed by atoms with Crippen molar-refractivity contribution in [1.29, 1.82) is 0 Å². The van der Waals surface area contributed by atoms with Gasteiger partial charge in [-0.25, -0.2) is 9.18 Å². The van der Waals surface area contributed by atoms with Crippen LogP contribution >= 0.6 is 0 Å². The first-order chi connectivity index (χ1) is 7.99. The van der Waals surface area contributed by atoms with Crippen LogP contribution in [-0.4, -0.2) is 18.5 Å². The lowest BCUT2D eigenvalue weighted by atomic mass is 10.3. The number of esters is 1. The standard InChI is InChI=1S/C12H12FNO3/c1-8(2)12(16)17-7-11(15)14-10-5-3-9(13)4-6-10/h3-6H,1,7H2,2H3,(H,14,15). The predicted molar refractivity (Wildman–Crippen MR) is 60.8 cm³/mol. The molecule has 0 saturated carbocycles. The maximum atomic E-state index is 12.6. The molecule has 5 heteroatoms. The van der Waals surface area contributed by atoms with Crippen molar-refractivity contribution in [2.24, 2.45) is 0 Å². The van der Waals surface area contributed by atoms with E-state index in [1.807, 2.05) is 0 Å². The summed E-state index contributed by atoms with van der Waals surface area (Å²) in [6.45, 7) is 4.47. The molecule has 1 aromatic carbocycles. The number of hydrogen-bond donors (Lipinski definition) is 1. The van der Waals surface area contributed by atoms with Crippen LogP contribution in [-0.2, 0) is 14.3 Å². The number of hydrogen-bond acceptors (Lipinski definition) is 3. The summed E-state index contributed by atoms with van der Waals surface area (Å²) in [5.74, 6) is -1.51. The largest absolute Gasteiger partial charge is 0.452 e. The first kappa shape index (κ1) is 12.9. The highest BCUT2D eigenvalue weighted by atomic mass is 19.1. The summed E-state index contributed by atoms with van der Waals surface area (Å²) in [5.41, 5.74) is 0.655. The molecule has 0 aliphatic rings. The Bertz CT molecular complexity index is 440. The summed E-state index contributed by atoms with van der Waals surface area (Å²) in [6.07, 6.45) is 0. The summed E-state index contributed by atoms with van der Waals surface area (Å²) in [4.78, 5) is 22.3. The van der Waals surface area contributed by atoms with Crippen molar-refractivity contribution in [3.8, 4) is 0 Å². The molecule has 0 atom stereocenters. The quantitative estimate of drug-likeness (QED) is 0.642. The Kier molecular flexibility index (Phi) is 4.39. The van der Waals surface area contributed by atoms with Gasteiger partial charge in [0.05, 0.1) is 0 Å². The van der Waals surface area contributed by atoms with Gasteiger partial charge in [-0.15, -0.1) is 0 Å². The number of carbonyl (C=O) groups is 2. The summed E-state index contributed by atoms with van der Waals surface area (Å²) in [7, 11) is 0. The Balaban J connectivity index is 2.42. The van der Waals surface area contributed by atoms with Crippen molar-refractivity contribution in [3.05, 3.63) is 42.2 Å². The molecule has 1 aromatic rings. The third-order valence-electron chi connectivity index (χ3n) is 1.81. The summed E-state index contributed by atoms with van der Waals surface area (Å²) >= 11 is 0. The fourth-order valence-corrected chi connectivity index (χ4v) is 0.985. The SMILES string of the molecule is C=C(C)C(=O)OCC(=O)Nc1ccc(F)cc1. The number of halogens is 1. The van der Waals surface area contributed by atoms with Gasteiger partial charge in [-0.1, -0.05) is 6.58 Å². The van der Waals surface area contributed by atoms with Crippen molar-refractivity contribution >= 4 is 17.6 Å². The third kappa shape index (κ3) is 4.46. The average Bonchev–Trinajstić information content (AvgIpc) is 2.29. The highest BCUT2D eigenvalue weighted by Gasteiger charge is 2.07. The molecule has 1 rings (SSSR count). The van der Waals surface area contributed by atoms with E-state index in [4.69, 9.17) is 0 Å². The van der Waals surface area contributed by atoms with E-state index in [2.05, 4.69) is 16.6 Å². The molecule has 1 amide bonds. The zero-order valence-corrected chi connectivity index (χ0v) is 9.33. The lowest BCUT2D eigenvalue weighted by molar-refractivity contribution is -0.143. The van der Waals surface area contributed by atoms with Gasteiger partial charge in [0, 0.05) is 11.3 Å². The van der Waals surface area contributed by atoms with Gasteiger partial charge in [0.25, 0.3) is 5.91 Å². The number of benzene rings is 1. The van der Waals surface area contributed by atoms with Crippen LogP contribution < -0.4 is 5.32 Å². The monoisotopic (exact) mass is 237 g/mol. The molecule has 0 spiro atoms. The van der Waals surface area contributed by atoms with E-state index >= 15 is 0 Å². The predicted octanol–water partition coefficient (Wildman–Crippen LogP) is 1.88. The molecular weight excluding hydrogens is 225 g/mol. The fourth-order valence-electron chi connectivity index (χ4n) is 0.985. The van der Waals surface area contributed by atoms with E-state index in [-0.39, 0.29) is 5.57 Å². The van der Waals surface area contributed by atoms with Crippen LogP contribution in [0.3, 0.4) is 0 Å². The molecule has 0 radical (unpaired) electrons. The molecule has 0 fully saturated rings. The normalized spacial score (nSPS) is 9.53. The number of rotatable bonds is 4. The first-order valence-corrected chi connectivity index (χ1v) is 4.87. The van der Waals surface area contributed by atoms with Crippen molar-refractivity contribution < 1.29 is 18.7 Å². The molecule has 0 heterocycles. The zero-order valence-electron chi connectivity index (χ0n) is 9.33. The molecule has 17 heavy (non-hydrogen) atoms. The van der Waals surface area contributed by atoms with E-state index in [9.17, 15) is 14.0 Å². The van der Waals surface area contributed by atoms with Crippen LogP contribution in [0.1, 0.15) is 6.92 Å².